The quantitative estimate of drug-likeness (QED) is 0.629. The van der Waals surface area contributed by atoms with Crippen molar-refractivity contribution >= 4 is 15.9 Å². The van der Waals surface area contributed by atoms with Crippen LogP contribution in [0.3, 0.4) is 0 Å². The first kappa shape index (κ1) is 19.5. The molecule has 1 aromatic heterocycles. The number of carbonyl (C=O) groups is 1. The zero-order chi connectivity index (χ0) is 19.3. The Bertz CT molecular complexity index is 872. The molecule has 146 valence electrons. The van der Waals surface area contributed by atoms with Crippen molar-refractivity contribution in [2.24, 2.45) is 0 Å². The Morgan fingerprint density at radius 3 is 2.63 bits per heavy atom. The number of aromatic nitrogens is 3. The normalized spacial score (nSPS) is 15.6. The third-order valence-electron chi connectivity index (χ3n) is 4.45. The fourth-order valence-corrected chi connectivity index (χ4v) is 4.00. The molecular formula is C17H24N6O3S. The zero-order valence-corrected chi connectivity index (χ0v) is 16.0. The Morgan fingerprint density at radius 1 is 1.26 bits per heavy atom. The molecule has 1 saturated heterocycles. The average molecular weight is 392 g/mol. The van der Waals surface area contributed by atoms with Crippen LogP contribution in [0.25, 0.3) is 0 Å². The smallest absolute Gasteiger partial charge is 0.273 e. The summed E-state index contributed by atoms with van der Waals surface area (Å²) in [5.74, 6) is -0.306. The van der Waals surface area contributed by atoms with Crippen LogP contribution in [-0.2, 0) is 16.6 Å². The molecule has 0 spiro atoms. The number of nitrogens with zero attached hydrogens (tertiary/aromatic N) is 3. The van der Waals surface area contributed by atoms with E-state index in [-0.39, 0.29) is 29.1 Å². The topological polar surface area (TPSA) is 118 Å². The average Bonchev–Trinajstić information content (AvgIpc) is 3.17. The predicted molar refractivity (Wildman–Crippen MR) is 99.6 cm³/mol. The fraction of sp³-hybridized carbons (Fsp3) is 0.471. The number of rotatable bonds is 7. The molecular weight excluding hydrogens is 368 g/mol. The molecule has 0 aliphatic carbocycles. The molecule has 0 saturated carbocycles. The molecule has 1 aromatic carbocycles. The molecule has 9 nitrogen and oxygen atoms in total. The van der Waals surface area contributed by atoms with Crippen LogP contribution in [0.1, 0.15) is 41.9 Å². The molecule has 27 heavy (non-hydrogen) atoms. The monoisotopic (exact) mass is 392 g/mol. The maximum atomic E-state index is 12.3. The van der Waals surface area contributed by atoms with Gasteiger partial charge in [-0.3, -0.25) is 4.79 Å². The summed E-state index contributed by atoms with van der Waals surface area (Å²) in [5, 5.41) is 14.1. The van der Waals surface area contributed by atoms with Crippen molar-refractivity contribution < 1.29 is 13.2 Å². The number of hydrogen-bond acceptors (Lipinski definition) is 6. The lowest BCUT2D eigenvalue weighted by atomic mass is 10.1. The highest BCUT2D eigenvalue weighted by molar-refractivity contribution is 7.89. The van der Waals surface area contributed by atoms with Gasteiger partial charge in [0.25, 0.3) is 5.91 Å². The van der Waals surface area contributed by atoms with Gasteiger partial charge >= 0.3 is 0 Å². The van der Waals surface area contributed by atoms with E-state index in [0.29, 0.717) is 6.54 Å². The van der Waals surface area contributed by atoms with Gasteiger partial charge in [0.05, 0.1) is 17.1 Å². The predicted octanol–water partition coefficient (Wildman–Crippen LogP) is 0.431. The van der Waals surface area contributed by atoms with E-state index in [1.54, 1.807) is 29.9 Å². The minimum Gasteiger partial charge on any atom is -0.347 e. The van der Waals surface area contributed by atoms with Gasteiger partial charge in [0, 0.05) is 13.1 Å². The second kappa shape index (κ2) is 8.59. The molecule has 1 aliphatic rings. The van der Waals surface area contributed by atoms with Gasteiger partial charge in [0.15, 0.2) is 5.69 Å². The van der Waals surface area contributed by atoms with E-state index in [0.717, 1.165) is 31.5 Å². The number of carbonyl (C=O) groups excluding carboxylic acids is 1. The van der Waals surface area contributed by atoms with E-state index >= 15 is 0 Å². The highest BCUT2D eigenvalue weighted by atomic mass is 32.2. The minimum atomic E-state index is -3.47. The van der Waals surface area contributed by atoms with Crippen molar-refractivity contribution in [3.63, 3.8) is 0 Å². The Labute approximate surface area is 158 Å². The molecule has 3 rings (SSSR count). The summed E-state index contributed by atoms with van der Waals surface area (Å²) >= 11 is 0. The molecule has 0 bridgehead atoms. The van der Waals surface area contributed by atoms with Gasteiger partial charge in [-0.05, 0) is 43.6 Å². The van der Waals surface area contributed by atoms with Gasteiger partial charge < -0.3 is 10.6 Å². The van der Waals surface area contributed by atoms with Gasteiger partial charge in [-0.2, -0.15) is 0 Å². The van der Waals surface area contributed by atoms with Crippen LogP contribution >= 0.6 is 0 Å². The molecule has 2 aromatic rings. The summed E-state index contributed by atoms with van der Waals surface area (Å²) in [6, 6.07) is 6.67. The van der Waals surface area contributed by atoms with Gasteiger partial charge in [-0.25, -0.2) is 17.8 Å². The Morgan fingerprint density at radius 2 is 1.96 bits per heavy atom. The summed E-state index contributed by atoms with van der Waals surface area (Å²) < 4.78 is 28.0. The minimum absolute atomic E-state index is 0.198. The second-order valence-electron chi connectivity index (χ2n) is 6.39. The molecule has 3 N–H and O–H groups in total. The maximum Gasteiger partial charge on any atom is 0.273 e. The van der Waals surface area contributed by atoms with Crippen molar-refractivity contribution in [1.82, 2.24) is 30.3 Å². The van der Waals surface area contributed by atoms with E-state index in [2.05, 4.69) is 25.7 Å². The van der Waals surface area contributed by atoms with Crippen molar-refractivity contribution in [3.8, 4) is 0 Å². The maximum absolute atomic E-state index is 12.3. The summed E-state index contributed by atoms with van der Waals surface area (Å²) in [7, 11) is -3.47. The molecule has 0 radical (unpaired) electrons. The van der Waals surface area contributed by atoms with Crippen LogP contribution in [0, 0.1) is 0 Å². The SMILES string of the molecule is CCNS(=O)(=O)c1ccc(CNC(=O)c2cn(C3CCNCC3)nn2)cc1. The summed E-state index contributed by atoms with van der Waals surface area (Å²) in [6.45, 7) is 4.21. The third-order valence-corrected chi connectivity index (χ3v) is 6.01. The molecule has 1 fully saturated rings. The first-order valence-electron chi connectivity index (χ1n) is 8.99. The van der Waals surface area contributed by atoms with Crippen molar-refractivity contribution in [2.45, 2.75) is 37.2 Å². The molecule has 0 atom stereocenters. The number of nitrogens with one attached hydrogen (secondary N) is 3. The van der Waals surface area contributed by atoms with E-state index in [4.69, 9.17) is 0 Å². The summed E-state index contributed by atoms with van der Waals surface area (Å²) in [5.41, 5.74) is 1.07. The van der Waals surface area contributed by atoms with Crippen molar-refractivity contribution in [2.75, 3.05) is 19.6 Å². The zero-order valence-electron chi connectivity index (χ0n) is 15.2. The first-order chi connectivity index (χ1) is 13.0. The fourth-order valence-electron chi connectivity index (χ4n) is 2.96. The Kier molecular flexibility index (Phi) is 6.19. The third kappa shape index (κ3) is 4.90. The van der Waals surface area contributed by atoms with Crippen LogP contribution < -0.4 is 15.4 Å². The second-order valence-corrected chi connectivity index (χ2v) is 8.16. The lowest BCUT2D eigenvalue weighted by Crippen LogP contribution is -2.29. The van der Waals surface area contributed by atoms with Gasteiger partial charge in [0.2, 0.25) is 10.0 Å². The Hall–Kier alpha value is -2.30. The highest BCUT2D eigenvalue weighted by Gasteiger charge is 2.18. The number of benzene rings is 1. The van der Waals surface area contributed by atoms with Crippen molar-refractivity contribution in [3.05, 3.63) is 41.7 Å². The molecule has 2 heterocycles. The number of piperidine rings is 1. The molecule has 1 amide bonds. The molecule has 10 heteroatoms. The summed E-state index contributed by atoms with van der Waals surface area (Å²) in [6.07, 6.45) is 3.61. The lowest BCUT2D eigenvalue weighted by Gasteiger charge is -2.22. The highest BCUT2D eigenvalue weighted by Crippen LogP contribution is 2.17. The van der Waals surface area contributed by atoms with Crippen LogP contribution in [0.2, 0.25) is 0 Å². The lowest BCUT2D eigenvalue weighted by molar-refractivity contribution is 0.0945. The van der Waals surface area contributed by atoms with Crippen LogP contribution in [0.4, 0.5) is 0 Å². The molecule has 1 aliphatic heterocycles. The number of amides is 1. The van der Waals surface area contributed by atoms with Gasteiger partial charge in [0.1, 0.15) is 0 Å². The Balaban J connectivity index is 1.57. The van der Waals surface area contributed by atoms with E-state index in [1.807, 2.05) is 0 Å². The van der Waals surface area contributed by atoms with E-state index < -0.39 is 10.0 Å². The first-order valence-corrected chi connectivity index (χ1v) is 10.5. The van der Waals surface area contributed by atoms with Crippen LogP contribution in [0.5, 0.6) is 0 Å². The van der Waals surface area contributed by atoms with Gasteiger partial charge in [-0.15, -0.1) is 5.10 Å². The van der Waals surface area contributed by atoms with E-state index in [1.165, 1.54) is 12.1 Å². The molecule has 0 unspecified atom stereocenters. The largest absolute Gasteiger partial charge is 0.347 e. The standard InChI is InChI=1S/C17H24N6O3S/c1-2-20-27(25,26)15-5-3-13(4-6-15)11-19-17(24)16-12-23(22-21-16)14-7-9-18-10-8-14/h3-6,12,14,18,20H,2,7-11H2,1H3,(H,19,24). The van der Waals surface area contributed by atoms with Gasteiger partial charge in [-0.1, -0.05) is 24.3 Å². The van der Waals surface area contributed by atoms with Crippen LogP contribution in [-0.4, -0.2) is 49.0 Å². The van der Waals surface area contributed by atoms with Crippen molar-refractivity contribution in [1.29, 1.82) is 0 Å². The number of hydrogen-bond donors (Lipinski definition) is 3. The summed E-state index contributed by atoms with van der Waals surface area (Å²) in [4.78, 5) is 12.5. The number of sulfonamides is 1. The van der Waals surface area contributed by atoms with E-state index in [9.17, 15) is 13.2 Å². The van der Waals surface area contributed by atoms with Crippen LogP contribution in [0.15, 0.2) is 35.4 Å².